The van der Waals surface area contributed by atoms with Crippen molar-refractivity contribution in [2.24, 2.45) is 0 Å². The highest BCUT2D eigenvalue weighted by Crippen LogP contribution is 2.28. The maximum absolute atomic E-state index is 13.0. The fourth-order valence-electron chi connectivity index (χ4n) is 2.54. The van der Waals surface area contributed by atoms with Crippen molar-refractivity contribution < 1.29 is 13.5 Å². The maximum Gasteiger partial charge on any atom is 0.243 e. The minimum atomic E-state index is -3.67. The second-order valence-electron chi connectivity index (χ2n) is 5.29. The molecule has 0 bridgehead atoms. The molecule has 0 amide bonds. The van der Waals surface area contributed by atoms with Gasteiger partial charge in [-0.3, -0.25) is 0 Å². The molecule has 0 heterocycles. The van der Waals surface area contributed by atoms with Crippen LogP contribution in [0.15, 0.2) is 17.0 Å². The molecule has 0 aliphatic heterocycles. The number of aryl methyl sites for hydroxylation is 1. The number of hydrogen-bond donors (Lipinski definition) is 2. The van der Waals surface area contributed by atoms with Gasteiger partial charge in [-0.25, -0.2) is 8.42 Å². The molecule has 0 atom stereocenters. The molecule has 0 aliphatic carbocycles. The predicted molar refractivity (Wildman–Crippen MR) is 85.7 cm³/mol. The summed E-state index contributed by atoms with van der Waals surface area (Å²) in [6.45, 7) is 7.34. The van der Waals surface area contributed by atoms with Crippen LogP contribution in [0.4, 0.5) is 5.69 Å². The Balaban J connectivity index is 3.42. The van der Waals surface area contributed by atoms with Crippen LogP contribution in [0.2, 0.25) is 0 Å². The van der Waals surface area contributed by atoms with Gasteiger partial charge in [-0.15, -0.1) is 0 Å². The topological polar surface area (TPSA) is 83.6 Å². The van der Waals surface area contributed by atoms with E-state index in [2.05, 4.69) is 0 Å². The number of aliphatic hydroxyl groups is 1. The highest BCUT2D eigenvalue weighted by molar-refractivity contribution is 7.89. The molecule has 1 aromatic rings. The summed E-state index contributed by atoms with van der Waals surface area (Å²) < 4.78 is 27.3. The van der Waals surface area contributed by atoms with E-state index in [1.165, 1.54) is 4.31 Å². The molecule has 1 rings (SSSR count). The van der Waals surface area contributed by atoms with Gasteiger partial charge in [0.15, 0.2) is 0 Å². The molecular weight excluding hydrogens is 288 g/mol. The summed E-state index contributed by atoms with van der Waals surface area (Å²) in [5.41, 5.74) is 7.75. The smallest absolute Gasteiger partial charge is 0.243 e. The van der Waals surface area contributed by atoms with Crippen LogP contribution >= 0.6 is 0 Å². The Hall–Kier alpha value is -1.11. The molecule has 0 spiro atoms. The van der Waals surface area contributed by atoms with Gasteiger partial charge in [-0.1, -0.05) is 13.8 Å². The van der Waals surface area contributed by atoms with Crippen LogP contribution in [0.5, 0.6) is 0 Å². The highest BCUT2D eigenvalue weighted by Gasteiger charge is 2.31. The number of nitrogens with zero attached hydrogens (tertiary/aromatic N) is 1. The molecule has 0 saturated carbocycles. The van der Waals surface area contributed by atoms with Crippen LogP contribution in [0, 0.1) is 13.8 Å². The zero-order valence-corrected chi connectivity index (χ0v) is 14.1. The van der Waals surface area contributed by atoms with Crippen LogP contribution in [0.25, 0.3) is 0 Å². The summed E-state index contributed by atoms with van der Waals surface area (Å²) in [6.07, 6.45) is 1.41. The quantitative estimate of drug-likeness (QED) is 0.755. The predicted octanol–water partition coefficient (Wildman–Crippen LogP) is 2.06. The van der Waals surface area contributed by atoms with E-state index in [4.69, 9.17) is 5.73 Å². The van der Waals surface area contributed by atoms with E-state index in [9.17, 15) is 13.5 Å². The number of aliphatic hydroxyl groups excluding tert-OH is 1. The molecule has 0 fully saturated rings. The molecule has 0 aromatic heterocycles. The molecule has 1 aromatic carbocycles. The van der Waals surface area contributed by atoms with Crippen molar-refractivity contribution in [1.82, 2.24) is 4.31 Å². The number of sulfonamides is 1. The lowest BCUT2D eigenvalue weighted by molar-refractivity contribution is 0.219. The first-order chi connectivity index (χ1) is 9.79. The van der Waals surface area contributed by atoms with Gasteiger partial charge in [0.1, 0.15) is 0 Å². The Labute approximate surface area is 127 Å². The van der Waals surface area contributed by atoms with E-state index >= 15 is 0 Å². The van der Waals surface area contributed by atoms with E-state index in [1.54, 1.807) is 19.1 Å². The monoisotopic (exact) mass is 314 g/mol. The standard InChI is InChI=1S/C15H26N2O3S/c1-5-13(6-2)17(7-8-18)21(19,20)15-10-11(3)9-14(16)12(15)4/h9-10,13,18H,5-8,16H2,1-4H3. The molecule has 0 saturated heterocycles. The van der Waals surface area contributed by atoms with E-state index in [0.29, 0.717) is 24.1 Å². The largest absolute Gasteiger partial charge is 0.398 e. The highest BCUT2D eigenvalue weighted by atomic mass is 32.2. The number of rotatable bonds is 7. The van der Waals surface area contributed by atoms with Crippen molar-refractivity contribution in [3.8, 4) is 0 Å². The molecule has 0 radical (unpaired) electrons. The third-order valence-electron chi connectivity index (χ3n) is 3.80. The van der Waals surface area contributed by atoms with Gasteiger partial charge >= 0.3 is 0 Å². The summed E-state index contributed by atoms with van der Waals surface area (Å²) in [5.74, 6) is 0. The second kappa shape index (κ2) is 7.24. The average molecular weight is 314 g/mol. The van der Waals surface area contributed by atoms with E-state index < -0.39 is 10.0 Å². The summed E-state index contributed by atoms with van der Waals surface area (Å²) in [5, 5.41) is 9.23. The van der Waals surface area contributed by atoms with Gasteiger partial charge in [0.05, 0.1) is 11.5 Å². The molecule has 6 heteroatoms. The zero-order chi connectivity index (χ0) is 16.2. The van der Waals surface area contributed by atoms with Gasteiger partial charge in [-0.05, 0) is 49.9 Å². The molecule has 3 N–H and O–H groups in total. The minimum absolute atomic E-state index is 0.0992. The van der Waals surface area contributed by atoms with Gasteiger partial charge < -0.3 is 10.8 Å². The van der Waals surface area contributed by atoms with Gasteiger partial charge in [-0.2, -0.15) is 4.31 Å². The van der Waals surface area contributed by atoms with Crippen LogP contribution in [-0.4, -0.2) is 37.0 Å². The maximum atomic E-state index is 13.0. The van der Waals surface area contributed by atoms with Crippen LogP contribution in [-0.2, 0) is 10.0 Å². The van der Waals surface area contributed by atoms with Crippen molar-refractivity contribution in [3.05, 3.63) is 23.3 Å². The molecule has 0 unspecified atom stereocenters. The molecule has 120 valence electrons. The van der Waals surface area contributed by atoms with Gasteiger partial charge in [0, 0.05) is 18.3 Å². The number of anilines is 1. The first kappa shape index (κ1) is 17.9. The van der Waals surface area contributed by atoms with E-state index in [0.717, 1.165) is 5.56 Å². The van der Waals surface area contributed by atoms with Crippen LogP contribution < -0.4 is 5.73 Å². The first-order valence-corrected chi connectivity index (χ1v) is 8.72. The van der Waals surface area contributed by atoms with Crippen LogP contribution in [0.1, 0.15) is 37.8 Å². The Morgan fingerprint density at radius 3 is 2.29 bits per heavy atom. The second-order valence-corrected chi connectivity index (χ2v) is 7.15. The fraction of sp³-hybridized carbons (Fsp3) is 0.600. The van der Waals surface area contributed by atoms with E-state index in [-0.39, 0.29) is 24.1 Å². The average Bonchev–Trinajstić information content (AvgIpc) is 2.42. The Kier molecular flexibility index (Phi) is 6.19. The Bertz CT molecular complexity index is 581. The van der Waals surface area contributed by atoms with Crippen molar-refractivity contribution in [2.45, 2.75) is 51.5 Å². The molecule has 21 heavy (non-hydrogen) atoms. The normalized spacial score (nSPS) is 12.3. The summed E-state index contributed by atoms with van der Waals surface area (Å²) in [7, 11) is -3.67. The van der Waals surface area contributed by atoms with Gasteiger partial charge in [0.25, 0.3) is 0 Å². The summed E-state index contributed by atoms with van der Waals surface area (Å²) in [4.78, 5) is 0.236. The molecule has 0 aliphatic rings. The lowest BCUT2D eigenvalue weighted by Crippen LogP contribution is -2.41. The van der Waals surface area contributed by atoms with Crippen molar-refractivity contribution in [3.63, 3.8) is 0 Å². The van der Waals surface area contributed by atoms with E-state index in [1.807, 2.05) is 20.8 Å². The third kappa shape index (κ3) is 3.75. The number of nitrogen functional groups attached to an aromatic ring is 1. The number of hydrogen-bond acceptors (Lipinski definition) is 4. The van der Waals surface area contributed by atoms with Crippen molar-refractivity contribution in [1.29, 1.82) is 0 Å². The molecular formula is C15H26N2O3S. The third-order valence-corrected chi connectivity index (χ3v) is 5.88. The summed E-state index contributed by atoms with van der Waals surface area (Å²) in [6, 6.07) is 3.29. The lowest BCUT2D eigenvalue weighted by Gasteiger charge is -2.29. The molecule has 5 nitrogen and oxygen atoms in total. The van der Waals surface area contributed by atoms with Crippen molar-refractivity contribution >= 4 is 15.7 Å². The zero-order valence-electron chi connectivity index (χ0n) is 13.3. The fourth-order valence-corrected chi connectivity index (χ4v) is 4.65. The SMILES string of the molecule is CCC(CC)N(CCO)S(=O)(=O)c1cc(C)cc(N)c1C. The Morgan fingerprint density at radius 1 is 1.24 bits per heavy atom. The Morgan fingerprint density at radius 2 is 1.81 bits per heavy atom. The summed E-state index contributed by atoms with van der Waals surface area (Å²) >= 11 is 0. The van der Waals surface area contributed by atoms with Gasteiger partial charge in [0.2, 0.25) is 10.0 Å². The van der Waals surface area contributed by atoms with Crippen LogP contribution in [0.3, 0.4) is 0 Å². The lowest BCUT2D eigenvalue weighted by atomic mass is 10.1. The minimum Gasteiger partial charge on any atom is -0.398 e. The number of benzene rings is 1. The first-order valence-electron chi connectivity index (χ1n) is 7.28. The number of nitrogens with two attached hydrogens (primary N) is 1. The van der Waals surface area contributed by atoms with Crippen molar-refractivity contribution in [2.75, 3.05) is 18.9 Å².